The van der Waals surface area contributed by atoms with Gasteiger partial charge in [0.2, 0.25) is 6.41 Å². The number of carbonyl (C=O) groups is 2. The van der Waals surface area contributed by atoms with Crippen molar-refractivity contribution >= 4 is 18.2 Å². The van der Waals surface area contributed by atoms with Crippen LogP contribution in [0.4, 0.5) is 0 Å². The first-order valence-electron chi connectivity index (χ1n) is 13.2. The lowest BCUT2D eigenvalue weighted by molar-refractivity contribution is -0.116. The summed E-state index contributed by atoms with van der Waals surface area (Å²) >= 11 is 0. The van der Waals surface area contributed by atoms with E-state index in [-0.39, 0.29) is 5.91 Å². The van der Waals surface area contributed by atoms with E-state index in [4.69, 9.17) is 4.74 Å². The van der Waals surface area contributed by atoms with Crippen molar-refractivity contribution in [3.63, 3.8) is 0 Å². The molecule has 0 aliphatic carbocycles. The normalized spacial score (nSPS) is 11.8. The summed E-state index contributed by atoms with van der Waals surface area (Å²) in [5.74, 6) is 0.0872. The van der Waals surface area contributed by atoms with E-state index in [1.54, 1.807) is 43.6 Å². The first-order chi connectivity index (χ1) is 19.7. The number of amidine groups is 1. The molecule has 0 saturated heterocycles. The predicted octanol–water partition coefficient (Wildman–Crippen LogP) is 5.82. The Bertz CT molecular complexity index is 1310. The Balaban J connectivity index is 1.46. The lowest BCUT2D eigenvalue weighted by atomic mass is 9.80. The molecule has 6 nitrogen and oxygen atoms in total. The molecule has 0 radical (unpaired) electrons. The summed E-state index contributed by atoms with van der Waals surface area (Å²) in [6, 6.07) is 39.4. The van der Waals surface area contributed by atoms with Crippen LogP contribution in [-0.4, -0.2) is 43.3 Å². The molecular formula is C34H33N3O3. The third-order valence-corrected chi connectivity index (χ3v) is 6.50. The van der Waals surface area contributed by atoms with E-state index in [9.17, 15) is 9.59 Å². The molecule has 1 N–H and O–H groups in total. The highest BCUT2D eigenvalue weighted by Crippen LogP contribution is 2.40. The van der Waals surface area contributed by atoms with Crippen molar-refractivity contribution < 1.29 is 14.3 Å². The van der Waals surface area contributed by atoms with E-state index >= 15 is 0 Å². The Morgan fingerprint density at radius 3 is 1.73 bits per heavy atom. The first kappa shape index (κ1) is 28.2. The van der Waals surface area contributed by atoms with Crippen LogP contribution in [0.25, 0.3) is 0 Å². The highest BCUT2D eigenvalue weighted by molar-refractivity contribution is 6.10. The number of hydrogen-bond acceptors (Lipinski definition) is 4. The smallest absolute Gasteiger partial charge is 0.256 e. The number of nitrogens with zero attached hydrogens (tertiary/aromatic N) is 2. The fraction of sp³-hybridized carbons (Fsp3) is 0.147. The van der Waals surface area contributed by atoms with Crippen molar-refractivity contribution in [3.05, 3.63) is 156 Å². The molecule has 4 aromatic rings. The fourth-order valence-corrected chi connectivity index (χ4v) is 4.52. The average Bonchev–Trinajstić information content (AvgIpc) is 3.03. The molecule has 4 rings (SSSR count). The molecule has 0 unspecified atom stereocenters. The molecular weight excluding hydrogens is 498 g/mol. The van der Waals surface area contributed by atoms with Gasteiger partial charge in [-0.3, -0.25) is 14.6 Å². The molecule has 0 aromatic heterocycles. The van der Waals surface area contributed by atoms with Gasteiger partial charge in [-0.15, -0.1) is 0 Å². The number of aliphatic imine (C=N–C) groups is 1. The Labute approximate surface area is 235 Å². The molecule has 0 spiro atoms. The van der Waals surface area contributed by atoms with Crippen molar-refractivity contribution in [2.75, 3.05) is 20.2 Å². The number of carbonyl (C=O) groups excluding carboxylic acids is 2. The number of nitrogens with one attached hydrogen (secondary N) is 1. The maximum atomic E-state index is 12.5. The van der Waals surface area contributed by atoms with Crippen LogP contribution in [0.1, 0.15) is 33.5 Å². The van der Waals surface area contributed by atoms with Gasteiger partial charge in [0.25, 0.3) is 5.91 Å². The molecule has 202 valence electrons. The van der Waals surface area contributed by atoms with E-state index in [0.29, 0.717) is 31.0 Å². The Kier molecular flexibility index (Phi) is 10.1. The minimum Gasteiger partial charge on any atom is -0.361 e. The quantitative estimate of drug-likeness (QED) is 0.0824. The molecule has 0 saturated carbocycles. The average molecular weight is 532 g/mol. The molecule has 40 heavy (non-hydrogen) atoms. The van der Waals surface area contributed by atoms with Crippen LogP contribution in [0.3, 0.4) is 0 Å². The molecule has 0 atom stereocenters. The lowest BCUT2D eigenvalue weighted by Crippen LogP contribution is -2.34. The van der Waals surface area contributed by atoms with Gasteiger partial charge in [0.1, 0.15) is 11.4 Å². The minimum absolute atomic E-state index is 0.268. The Morgan fingerprint density at radius 1 is 0.800 bits per heavy atom. The van der Waals surface area contributed by atoms with Gasteiger partial charge < -0.3 is 15.0 Å². The van der Waals surface area contributed by atoms with Gasteiger partial charge in [-0.1, -0.05) is 109 Å². The van der Waals surface area contributed by atoms with Crippen LogP contribution in [0.5, 0.6) is 0 Å². The largest absolute Gasteiger partial charge is 0.361 e. The van der Waals surface area contributed by atoms with Crippen LogP contribution < -0.4 is 5.32 Å². The van der Waals surface area contributed by atoms with Gasteiger partial charge in [-0.25, -0.2) is 0 Å². The van der Waals surface area contributed by atoms with E-state index in [1.165, 1.54) is 4.90 Å². The van der Waals surface area contributed by atoms with Crippen LogP contribution in [-0.2, 0) is 15.1 Å². The maximum absolute atomic E-state index is 12.5. The second kappa shape index (κ2) is 14.4. The molecule has 4 aromatic carbocycles. The fourth-order valence-electron chi connectivity index (χ4n) is 4.52. The van der Waals surface area contributed by atoms with Crippen LogP contribution in [0.2, 0.25) is 0 Å². The zero-order chi connectivity index (χ0) is 28.0. The second-order valence-electron chi connectivity index (χ2n) is 9.07. The number of amides is 2. The number of hydrogen-bond donors (Lipinski definition) is 1. The number of rotatable bonds is 12. The van der Waals surface area contributed by atoms with Crippen LogP contribution in [0.15, 0.2) is 139 Å². The summed E-state index contributed by atoms with van der Waals surface area (Å²) in [5.41, 5.74) is 2.79. The summed E-state index contributed by atoms with van der Waals surface area (Å²) in [6.07, 6.45) is 4.56. The molecule has 0 aliphatic rings. The summed E-state index contributed by atoms with van der Waals surface area (Å²) in [4.78, 5) is 29.9. The molecule has 0 heterocycles. The number of benzene rings is 4. The second-order valence-corrected chi connectivity index (χ2v) is 9.07. The molecule has 0 aliphatic heterocycles. The summed E-state index contributed by atoms with van der Waals surface area (Å²) in [7, 11) is 1.58. The highest BCUT2D eigenvalue weighted by Gasteiger charge is 2.37. The van der Waals surface area contributed by atoms with Crippen molar-refractivity contribution in [3.8, 4) is 0 Å². The predicted molar refractivity (Wildman–Crippen MR) is 159 cm³/mol. The van der Waals surface area contributed by atoms with Crippen molar-refractivity contribution in [2.24, 2.45) is 4.99 Å². The van der Waals surface area contributed by atoms with Crippen LogP contribution in [0, 0.1) is 0 Å². The maximum Gasteiger partial charge on any atom is 0.256 e. The van der Waals surface area contributed by atoms with Gasteiger partial charge >= 0.3 is 0 Å². The van der Waals surface area contributed by atoms with Crippen molar-refractivity contribution in [1.82, 2.24) is 10.2 Å². The Morgan fingerprint density at radius 2 is 1.27 bits per heavy atom. The summed E-state index contributed by atoms with van der Waals surface area (Å²) in [5, 5.41) is 2.76. The van der Waals surface area contributed by atoms with Gasteiger partial charge in [-0.05, 0) is 41.3 Å². The van der Waals surface area contributed by atoms with Crippen molar-refractivity contribution in [2.45, 2.75) is 12.0 Å². The van der Waals surface area contributed by atoms with E-state index in [1.807, 2.05) is 60.7 Å². The van der Waals surface area contributed by atoms with Gasteiger partial charge in [0.05, 0.1) is 6.61 Å². The third kappa shape index (κ3) is 6.98. The highest BCUT2D eigenvalue weighted by atomic mass is 16.5. The number of ether oxygens (including phenoxy) is 1. The monoisotopic (exact) mass is 531 g/mol. The standard InChI is InChI=1S/C34H33N3O3/c1-35-32(36-33(39)28-15-6-2-7-16-28)23-25-37(27-38)24-14-26-40-34(29-17-8-3-9-18-29,30-19-10-4-11-20-30)31-21-12-5-13-22-31/h2-13,15-23,25,27H,14,24,26H2,1H3,(H,35,36,39)/b25-23-. The Hall–Kier alpha value is -4.81. The summed E-state index contributed by atoms with van der Waals surface area (Å²) in [6.45, 7) is 0.828. The van der Waals surface area contributed by atoms with Gasteiger partial charge in [0.15, 0.2) is 0 Å². The van der Waals surface area contributed by atoms with E-state index < -0.39 is 5.60 Å². The lowest BCUT2D eigenvalue weighted by Gasteiger charge is -2.36. The van der Waals surface area contributed by atoms with Gasteiger partial charge in [-0.2, -0.15) is 0 Å². The first-order valence-corrected chi connectivity index (χ1v) is 13.2. The molecule has 0 fully saturated rings. The van der Waals surface area contributed by atoms with E-state index in [2.05, 4.69) is 46.7 Å². The molecule has 2 amide bonds. The van der Waals surface area contributed by atoms with Crippen molar-refractivity contribution in [1.29, 1.82) is 0 Å². The third-order valence-electron chi connectivity index (χ3n) is 6.50. The van der Waals surface area contributed by atoms with Gasteiger partial charge in [0, 0.05) is 25.4 Å². The summed E-state index contributed by atoms with van der Waals surface area (Å²) < 4.78 is 6.78. The SMILES string of the molecule is CN=C(/C=C\N(C=O)CCCOC(c1ccccc1)(c1ccccc1)c1ccccc1)NC(=O)c1ccccc1. The minimum atomic E-state index is -0.810. The van der Waals surface area contributed by atoms with E-state index in [0.717, 1.165) is 23.1 Å². The zero-order valence-corrected chi connectivity index (χ0v) is 22.5. The van der Waals surface area contributed by atoms with Crippen LogP contribution >= 0.6 is 0 Å². The zero-order valence-electron chi connectivity index (χ0n) is 22.5. The molecule has 0 bridgehead atoms. The molecule has 6 heteroatoms. The topological polar surface area (TPSA) is 71.0 Å².